The van der Waals surface area contributed by atoms with Gasteiger partial charge in [0.25, 0.3) is 0 Å². The molecule has 0 aliphatic rings. The third-order valence-corrected chi connectivity index (χ3v) is 3.57. The smallest absolute Gasteiger partial charge is 0.508 e. The van der Waals surface area contributed by atoms with Crippen LogP contribution in [0.15, 0.2) is 66.7 Å². The number of phenolic OH excluding ortho intramolecular Hbond substituents is 2. The number of aromatic hydroxyl groups is 2. The summed E-state index contributed by atoms with van der Waals surface area (Å²) in [6, 6.07) is 18.4. The normalized spacial score (nSPS) is 10.2. The molecule has 0 aliphatic carbocycles. The predicted molar refractivity (Wildman–Crippen MR) is 99.8 cm³/mol. The van der Waals surface area contributed by atoms with E-state index in [4.69, 9.17) is 14.0 Å². The van der Waals surface area contributed by atoms with Crippen LogP contribution in [-0.4, -0.2) is 17.5 Å². The molecule has 26 heavy (non-hydrogen) atoms. The summed E-state index contributed by atoms with van der Waals surface area (Å²) in [7, 11) is -1.05. The summed E-state index contributed by atoms with van der Waals surface area (Å²) in [6.45, 7) is 3.97. The zero-order chi connectivity index (χ0) is 18.5. The first-order valence-electron chi connectivity index (χ1n) is 8.14. The first-order valence-corrected chi connectivity index (χ1v) is 8.14. The average molecular weight is 350 g/mol. The largest absolute Gasteiger partial charge is 0.864 e. The van der Waals surface area contributed by atoms with E-state index in [9.17, 15) is 10.2 Å². The van der Waals surface area contributed by atoms with Crippen LogP contribution in [0.5, 0.6) is 28.7 Å². The molecule has 0 aliphatic heterocycles. The van der Waals surface area contributed by atoms with Gasteiger partial charge in [-0.1, -0.05) is 6.07 Å². The Morgan fingerprint density at radius 2 is 0.962 bits per heavy atom. The second kappa shape index (κ2) is 7.74. The molecule has 0 unspecified atom stereocenters. The molecule has 0 atom stereocenters. The number of hydrogen-bond donors (Lipinski definition) is 2. The van der Waals surface area contributed by atoms with Gasteiger partial charge in [-0.25, -0.2) is 0 Å². The van der Waals surface area contributed by atoms with Gasteiger partial charge in [0, 0.05) is 0 Å². The van der Waals surface area contributed by atoms with E-state index in [-0.39, 0.29) is 11.5 Å². The number of aryl methyl sites for hydroxylation is 2. The molecule has 3 rings (SSSR count). The molecule has 0 radical (unpaired) electrons. The van der Waals surface area contributed by atoms with E-state index in [1.807, 2.05) is 32.0 Å². The van der Waals surface area contributed by atoms with Gasteiger partial charge in [-0.3, -0.25) is 0 Å². The lowest BCUT2D eigenvalue weighted by Crippen LogP contribution is -2.37. The molecule has 132 valence electrons. The van der Waals surface area contributed by atoms with E-state index < -0.39 is 7.32 Å². The highest BCUT2D eigenvalue weighted by Gasteiger charge is 2.30. The summed E-state index contributed by atoms with van der Waals surface area (Å²) in [5.41, 5.74) is 2.13. The summed E-state index contributed by atoms with van der Waals surface area (Å²) < 4.78 is 17.4. The molecule has 3 aromatic carbocycles. The average Bonchev–Trinajstić information content (AvgIpc) is 2.58. The van der Waals surface area contributed by atoms with Gasteiger partial charge < -0.3 is 24.2 Å². The first-order chi connectivity index (χ1) is 12.5. The van der Waals surface area contributed by atoms with Gasteiger partial charge >= 0.3 is 7.32 Å². The minimum Gasteiger partial charge on any atom is -0.508 e. The Balaban J connectivity index is 1.81. The van der Waals surface area contributed by atoms with Crippen LogP contribution < -0.4 is 14.0 Å². The summed E-state index contributed by atoms with van der Waals surface area (Å²) in [5, 5.41) is 18.8. The second-order valence-electron chi connectivity index (χ2n) is 5.95. The molecule has 0 fully saturated rings. The molecule has 6 heteroatoms. The molecule has 0 bridgehead atoms. The van der Waals surface area contributed by atoms with Crippen LogP contribution in [-0.2, 0) is 0 Å². The Morgan fingerprint density at radius 1 is 0.577 bits per heavy atom. The van der Waals surface area contributed by atoms with Crippen molar-refractivity contribution in [3.05, 3.63) is 77.9 Å². The maximum absolute atomic E-state index is 9.41. The molecule has 0 saturated carbocycles. The van der Waals surface area contributed by atoms with Crippen molar-refractivity contribution in [3.8, 4) is 28.7 Å². The molecular formula is C20H19BO5. The van der Waals surface area contributed by atoms with Gasteiger partial charge in [-0.2, -0.15) is 0 Å². The topological polar surface area (TPSA) is 68.2 Å². The van der Waals surface area contributed by atoms with E-state index in [0.29, 0.717) is 17.2 Å². The van der Waals surface area contributed by atoms with E-state index in [1.54, 1.807) is 24.3 Å². The minimum absolute atomic E-state index is 0.142. The summed E-state index contributed by atoms with van der Waals surface area (Å²) in [5.74, 6) is 1.86. The summed E-state index contributed by atoms with van der Waals surface area (Å²) >= 11 is 0. The maximum atomic E-state index is 9.41. The van der Waals surface area contributed by atoms with Gasteiger partial charge in [-0.15, -0.1) is 0 Å². The summed E-state index contributed by atoms with van der Waals surface area (Å²) in [4.78, 5) is 0. The maximum Gasteiger partial charge on any atom is 0.864 e. The van der Waals surface area contributed by atoms with Crippen LogP contribution in [0.25, 0.3) is 0 Å². The van der Waals surface area contributed by atoms with Crippen molar-refractivity contribution in [3.63, 3.8) is 0 Å². The Bertz CT molecular complexity index is 795. The molecule has 0 amide bonds. The molecule has 0 heterocycles. The molecule has 0 aromatic heterocycles. The SMILES string of the molecule is Cc1cc(C)cc(OB(Oc2ccc(O)cc2)Oc2ccc(O)cc2)c1. The zero-order valence-electron chi connectivity index (χ0n) is 14.5. The Hall–Kier alpha value is -3.28. The van der Waals surface area contributed by atoms with Gasteiger partial charge in [0.2, 0.25) is 0 Å². The van der Waals surface area contributed by atoms with Crippen LogP contribution in [0.3, 0.4) is 0 Å². The van der Waals surface area contributed by atoms with E-state index in [2.05, 4.69) is 0 Å². The quantitative estimate of drug-likeness (QED) is 0.651. The molecule has 5 nitrogen and oxygen atoms in total. The van der Waals surface area contributed by atoms with Crippen LogP contribution in [0, 0.1) is 13.8 Å². The summed E-state index contributed by atoms with van der Waals surface area (Å²) in [6.07, 6.45) is 0. The zero-order valence-corrected chi connectivity index (χ0v) is 14.5. The third kappa shape index (κ3) is 4.86. The van der Waals surface area contributed by atoms with E-state index in [0.717, 1.165) is 11.1 Å². The predicted octanol–water partition coefficient (Wildman–Crippen LogP) is 4.24. The van der Waals surface area contributed by atoms with Crippen molar-refractivity contribution in [2.45, 2.75) is 13.8 Å². The number of hydrogen-bond acceptors (Lipinski definition) is 5. The standard InChI is InChI=1S/C20H19BO5/c1-14-11-15(2)13-20(12-14)26-21(24-18-7-3-16(22)4-8-18)25-19-9-5-17(23)6-10-19/h3-13,22-23H,1-2H3. The fourth-order valence-corrected chi connectivity index (χ4v) is 2.46. The molecule has 0 spiro atoms. The highest BCUT2D eigenvalue weighted by atomic mass is 16.7. The number of rotatable bonds is 6. The van der Waals surface area contributed by atoms with Crippen molar-refractivity contribution in [1.82, 2.24) is 0 Å². The van der Waals surface area contributed by atoms with Crippen molar-refractivity contribution in [2.24, 2.45) is 0 Å². The fourth-order valence-electron chi connectivity index (χ4n) is 2.46. The molecule has 3 aromatic rings. The van der Waals surface area contributed by atoms with Gasteiger partial charge in [0.15, 0.2) is 0 Å². The Labute approximate surface area is 152 Å². The fraction of sp³-hybridized carbons (Fsp3) is 0.100. The van der Waals surface area contributed by atoms with Crippen LogP contribution in [0.2, 0.25) is 0 Å². The van der Waals surface area contributed by atoms with Gasteiger partial charge in [0.1, 0.15) is 28.7 Å². The Morgan fingerprint density at radius 3 is 1.38 bits per heavy atom. The van der Waals surface area contributed by atoms with E-state index >= 15 is 0 Å². The Kier molecular flexibility index (Phi) is 5.22. The number of phenols is 2. The molecule has 2 N–H and O–H groups in total. The van der Waals surface area contributed by atoms with Crippen molar-refractivity contribution in [1.29, 1.82) is 0 Å². The molecular weight excluding hydrogens is 331 g/mol. The van der Waals surface area contributed by atoms with Crippen molar-refractivity contribution >= 4 is 7.32 Å². The third-order valence-electron chi connectivity index (χ3n) is 3.57. The minimum atomic E-state index is -1.05. The highest BCUT2D eigenvalue weighted by molar-refractivity contribution is 6.39. The highest BCUT2D eigenvalue weighted by Crippen LogP contribution is 2.23. The van der Waals surface area contributed by atoms with E-state index in [1.165, 1.54) is 24.3 Å². The lowest BCUT2D eigenvalue weighted by Gasteiger charge is -2.17. The number of benzene rings is 3. The van der Waals surface area contributed by atoms with Crippen LogP contribution >= 0.6 is 0 Å². The van der Waals surface area contributed by atoms with Crippen molar-refractivity contribution in [2.75, 3.05) is 0 Å². The van der Waals surface area contributed by atoms with Crippen LogP contribution in [0.1, 0.15) is 11.1 Å². The monoisotopic (exact) mass is 350 g/mol. The second-order valence-corrected chi connectivity index (χ2v) is 5.95. The van der Waals surface area contributed by atoms with Crippen molar-refractivity contribution < 1.29 is 24.2 Å². The first kappa shape index (κ1) is 17.5. The lowest BCUT2D eigenvalue weighted by atomic mass is 10.1. The van der Waals surface area contributed by atoms with Crippen LogP contribution in [0.4, 0.5) is 0 Å². The molecule has 0 saturated heterocycles. The lowest BCUT2D eigenvalue weighted by molar-refractivity contribution is 0.306. The van der Waals surface area contributed by atoms with Gasteiger partial charge in [0.05, 0.1) is 0 Å². The van der Waals surface area contributed by atoms with Gasteiger partial charge in [-0.05, 0) is 85.6 Å².